The number of aromatic nitrogens is 4. The standard InChI is InChI=1S/C11H6ClN5O2/c12-9-11-15-14-10(16(11)6-5-13-9)7-1-3-8(4-2-7)17(18)19/h1-6H. The Morgan fingerprint density at radius 1 is 1.21 bits per heavy atom. The van der Waals surface area contributed by atoms with Gasteiger partial charge in [-0.05, 0) is 12.1 Å². The number of halogens is 1. The third kappa shape index (κ3) is 1.89. The predicted octanol–water partition coefficient (Wildman–Crippen LogP) is 2.35. The van der Waals surface area contributed by atoms with E-state index in [0.29, 0.717) is 17.0 Å². The molecule has 0 aliphatic heterocycles. The highest BCUT2D eigenvalue weighted by molar-refractivity contribution is 6.32. The van der Waals surface area contributed by atoms with Crippen LogP contribution in [0, 0.1) is 10.1 Å². The van der Waals surface area contributed by atoms with Gasteiger partial charge in [0, 0.05) is 30.1 Å². The van der Waals surface area contributed by atoms with Crippen LogP contribution in [-0.2, 0) is 0 Å². The van der Waals surface area contributed by atoms with E-state index in [1.807, 2.05) is 0 Å². The molecule has 0 N–H and O–H groups in total. The minimum Gasteiger partial charge on any atom is -0.278 e. The van der Waals surface area contributed by atoms with Gasteiger partial charge in [-0.15, -0.1) is 10.2 Å². The van der Waals surface area contributed by atoms with E-state index in [-0.39, 0.29) is 10.8 Å². The molecule has 0 saturated heterocycles. The van der Waals surface area contributed by atoms with Crippen molar-refractivity contribution in [1.29, 1.82) is 0 Å². The quantitative estimate of drug-likeness (QED) is 0.529. The van der Waals surface area contributed by atoms with Gasteiger partial charge in [0.05, 0.1) is 4.92 Å². The van der Waals surface area contributed by atoms with Crippen LogP contribution < -0.4 is 0 Å². The lowest BCUT2D eigenvalue weighted by molar-refractivity contribution is -0.384. The maximum Gasteiger partial charge on any atom is 0.269 e. The highest BCUT2D eigenvalue weighted by atomic mass is 35.5. The molecule has 7 nitrogen and oxygen atoms in total. The molecule has 19 heavy (non-hydrogen) atoms. The van der Waals surface area contributed by atoms with Crippen molar-refractivity contribution in [3.05, 3.63) is 51.9 Å². The van der Waals surface area contributed by atoms with E-state index >= 15 is 0 Å². The number of nitrogens with zero attached hydrogens (tertiary/aromatic N) is 5. The Kier molecular flexibility index (Phi) is 2.60. The summed E-state index contributed by atoms with van der Waals surface area (Å²) < 4.78 is 1.68. The molecule has 3 rings (SSSR count). The fourth-order valence-corrected chi connectivity index (χ4v) is 1.91. The highest BCUT2D eigenvalue weighted by Crippen LogP contribution is 2.23. The van der Waals surface area contributed by atoms with E-state index in [1.54, 1.807) is 22.7 Å². The number of nitro benzene ring substituents is 1. The number of rotatable bonds is 2. The second kappa shape index (κ2) is 4.29. The summed E-state index contributed by atoms with van der Waals surface area (Å²) in [6.07, 6.45) is 3.21. The number of fused-ring (bicyclic) bond motifs is 1. The number of nitro groups is 1. The van der Waals surface area contributed by atoms with Crippen LogP contribution in [0.4, 0.5) is 5.69 Å². The number of non-ortho nitro benzene ring substituents is 1. The molecule has 2 aromatic heterocycles. The average Bonchev–Trinajstić information content (AvgIpc) is 2.84. The summed E-state index contributed by atoms with van der Waals surface area (Å²) in [7, 11) is 0. The summed E-state index contributed by atoms with van der Waals surface area (Å²) >= 11 is 5.90. The summed E-state index contributed by atoms with van der Waals surface area (Å²) in [5, 5.41) is 18.8. The van der Waals surface area contributed by atoms with Crippen molar-refractivity contribution in [2.75, 3.05) is 0 Å². The lowest BCUT2D eigenvalue weighted by Crippen LogP contribution is -1.92. The maximum absolute atomic E-state index is 10.6. The predicted molar refractivity (Wildman–Crippen MR) is 67.9 cm³/mol. The molecule has 0 bridgehead atoms. The van der Waals surface area contributed by atoms with Crippen LogP contribution in [0.25, 0.3) is 17.0 Å². The zero-order valence-corrected chi connectivity index (χ0v) is 10.2. The fourth-order valence-electron chi connectivity index (χ4n) is 1.73. The first kappa shape index (κ1) is 11.5. The van der Waals surface area contributed by atoms with Crippen molar-refractivity contribution >= 4 is 22.9 Å². The Morgan fingerprint density at radius 2 is 1.95 bits per heavy atom. The van der Waals surface area contributed by atoms with Crippen molar-refractivity contribution in [2.24, 2.45) is 0 Å². The third-order valence-electron chi connectivity index (χ3n) is 2.62. The number of benzene rings is 1. The third-order valence-corrected chi connectivity index (χ3v) is 2.89. The first-order valence-corrected chi connectivity index (χ1v) is 5.64. The van der Waals surface area contributed by atoms with Crippen LogP contribution in [0.15, 0.2) is 36.7 Å². The second-order valence-electron chi connectivity index (χ2n) is 3.74. The SMILES string of the molecule is O=[N+]([O-])c1ccc(-c2nnc3c(Cl)nccn23)cc1. The van der Waals surface area contributed by atoms with E-state index in [4.69, 9.17) is 11.6 Å². The van der Waals surface area contributed by atoms with Crippen molar-refractivity contribution in [3.63, 3.8) is 0 Å². The molecule has 0 aliphatic carbocycles. The van der Waals surface area contributed by atoms with Gasteiger partial charge in [-0.2, -0.15) is 0 Å². The summed E-state index contributed by atoms with van der Waals surface area (Å²) in [5.74, 6) is 0.550. The molecule has 1 aromatic carbocycles. The Hall–Kier alpha value is -2.54. The number of hydrogen-bond acceptors (Lipinski definition) is 5. The molecule has 0 atom stereocenters. The normalized spacial score (nSPS) is 10.8. The van der Waals surface area contributed by atoms with E-state index < -0.39 is 4.92 Å². The molecule has 0 aliphatic rings. The zero-order chi connectivity index (χ0) is 13.4. The zero-order valence-electron chi connectivity index (χ0n) is 9.39. The van der Waals surface area contributed by atoms with Gasteiger partial charge < -0.3 is 0 Å². The Balaban J connectivity index is 2.14. The van der Waals surface area contributed by atoms with Gasteiger partial charge in [0.15, 0.2) is 16.6 Å². The van der Waals surface area contributed by atoms with Gasteiger partial charge in [-0.25, -0.2) is 4.98 Å². The van der Waals surface area contributed by atoms with Gasteiger partial charge in [-0.3, -0.25) is 14.5 Å². The molecular formula is C11H6ClN5O2. The summed E-state index contributed by atoms with van der Waals surface area (Å²) in [4.78, 5) is 14.1. The van der Waals surface area contributed by atoms with Crippen LogP contribution in [0.5, 0.6) is 0 Å². The van der Waals surface area contributed by atoms with Gasteiger partial charge in [-0.1, -0.05) is 11.6 Å². The lowest BCUT2D eigenvalue weighted by Gasteiger charge is -1.99. The van der Waals surface area contributed by atoms with Gasteiger partial charge in [0.2, 0.25) is 0 Å². The van der Waals surface area contributed by atoms with Crippen molar-refractivity contribution in [3.8, 4) is 11.4 Å². The van der Waals surface area contributed by atoms with Crippen LogP contribution in [-0.4, -0.2) is 24.5 Å². The molecular weight excluding hydrogens is 270 g/mol. The molecule has 0 fully saturated rings. The molecule has 0 spiro atoms. The smallest absolute Gasteiger partial charge is 0.269 e. The second-order valence-corrected chi connectivity index (χ2v) is 4.10. The highest BCUT2D eigenvalue weighted by Gasteiger charge is 2.12. The topological polar surface area (TPSA) is 86.2 Å². The molecule has 0 radical (unpaired) electrons. The van der Waals surface area contributed by atoms with Gasteiger partial charge in [0.1, 0.15) is 0 Å². The minimum atomic E-state index is -0.452. The summed E-state index contributed by atoms with van der Waals surface area (Å²) in [5.41, 5.74) is 1.18. The van der Waals surface area contributed by atoms with E-state index in [9.17, 15) is 10.1 Å². The van der Waals surface area contributed by atoms with E-state index in [0.717, 1.165) is 0 Å². The first-order valence-electron chi connectivity index (χ1n) is 5.27. The molecule has 0 amide bonds. The molecule has 8 heteroatoms. The molecule has 2 heterocycles. The fraction of sp³-hybridized carbons (Fsp3) is 0. The Morgan fingerprint density at radius 3 is 2.63 bits per heavy atom. The monoisotopic (exact) mass is 275 g/mol. The van der Waals surface area contributed by atoms with Crippen molar-refractivity contribution in [2.45, 2.75) is 0 Å². The van der Waals surface area contributed by atoms with Crippen LogP contribution in [0.1, 0.15) is 0 Å². The Bertz CT molecular complexity index is 768. The van der Waals surface area contributed by atoms with Crippen molar-refractivity contribution < 1.29 is 4.92 Å². The number of hydrogen-bond donors (Lipinski definition) is 0. The van der Waals surface area contributed by atoms with Gasteiger partial charge >= 0.3 is 0 Å². The van der Waals surface area contributed by atoms with Crippen LogP contribution >= 0.6 is 11.6 Å². The molecule has 94 valence electrons. The molecule has 0 saturated carbocycles. The van der Waals surface area contributed by atoms with Crippen LogP contribution in [0.3, 0.4) is 0 Å². The first-order chi connectivity index (χ1) is 9.16. The minimum absolute atomic E-state index is 0.0252. The summed E-state index contributed by atoms with van der Waals surface area (Å²) in [6.45, 7) is 0. The maximum atomic E-state index is 10.6. The van der Waals surface area contributed by atoms with E-state index in [2.05, 4.69) is 15.2 Å². The molecule has 0 unspecified atom stereocenters. The van der Waals surface area contributed by atoms with Crippen LogP contribution in [0.2, 0.25) is 5.15 Å². The van der Waals surface area contributed by atoms with E-state index in [1.165, 1.54) is 18.3 Å². The van der Waals surface area contributed by atoms with Gasteiger partial charge in [0.25, 0.3) is 5.69 Å². The summed E-state index contributed by atoms with van der Waals surface area (Å²) in [6, 6.07) is 6.06. The molecule has 3 aromatic rings. The largest absolute Gasteiger partial charge is 0.278 e. The van der Waals surface area contributed by atoms with Crippen molar-refractivity contribution in [1.82, 2.24) is 19.6 Å². The lowest BCUT2D eigenvalue weighted by atomic mass is 10.2. The average molecular weight is 276 g/mol. The Labute approximate surface area is 111 Å².